The molecule has 66 valence electrons. The summed E-state index contributed by atoms with van der Waals surface area (Å²) in [5.41, 5.74) is 0. The lowest BCUT2D eigenvalue weighted by Crippen LogP contribution is -2.34. The van der Waals surface area contributed by atoms with Gasteiger partial charge < -0.3 is 5.11 Å². The second-order valence-electron chi connectivity index (χ2n) is 2.79. The van der Waals surface area contributed by atoms with Crippen LogP contribution in [0.4, 0.5) is 17.6 Å². The maximum absolute atomic E-state index is 12.0. The molecule has 0 amide bonds. The highest BCUT2D eigenvalue weighted by molar-refractivity contribution is 4.86. The number of hydrogen-bond acceptors (Lipinski definition) is 1. The molecule has 0 aromatic rings. The van der Waals surface area contributed by atoms with Crippen molar-refractivity contribution in [1.29, 1.82) is 0 Å². The van der Waals surface area contributed by atoms with E-state index in [1.54, 1.807) is 0 Å². The van der Waals surface area contributed by atoms with E-state index < -0.39 is 24.4 Å². The number of aliphatic hydroxyl groups is 1. The van der Waals surface area contributed by atoms with E-state index >= 15 is 0 Å². The van der Waals surface area contributed by atoms with Gasteiger partial charge in [0.2, 0.25) is 6.43 Å². The summed E-state index contributed by atoms with van der Waals surface area (Å²) in [5.74, 6) is -2.86. The van der Waals surface area contributed by atoms with Gasteiger partial charge in [0, 0.05) is 0 Å². The quantitative estimate of drug-likeness (QED) is 0.644. The molecule has 1 rings (SSSR count). The smallest absolute Gasteiger partial charge is 0.336 e. The highest BCUT2D eigenvalue weighted by Crippen LogP contribution is 2.46. The fourth-order valence-electron chi connectivity index (χ4n) is 1.10. The molecule has 1 atom stereocenters. The standard InChI is InChI=1S/C6H8F4O/c7-5(8)4(3-1-2-3)6(9,10)11/h3-5,11H,1-2H2. The van der Waals surface area contributed by atoms with E-state index in [0.29, 0.717) is 12.8 Å². The van der Waals surface area contributed by atoms with Gasteiger partial charge in [-0.05, 0) is 18.8 Å². The molecule has 1 aliphatic carbocycles. The van der Waals surface area contributed by atoms with Crippen molar-refractivity contribution in [3.63, 3.8) is 0 Å². The van der Waals surface area contributed by atoms with Crippen LogP contribution < -0.4 is 0 Å². The molecule has 0 bridgehead atoms. The Balaban J connectivity index is 2.58. The minimum Gasteiger partial charge on any atom is -0.336 e. The average Bonchev–Trinajstić information content (AvgIpc) is 2.42. The molecule has 0 saturated heterocycles. The SMILES string of the molecule is OC(F)(F)C(C(F)F)C1CC1. The van der Waals surface area contributed by atoms with Crippen LogP contribution in [-0.2, 0) is 0 Å². The predicted octanol–water partition coefficient (Wildman–Crippen LogP) is 1.86. The van der Waals surface area contributed by atoms with Crippen molar-refractivity contribution < 1.29 is 22.7 Å². The topological polar surface area (TPSA) is 20.2 Å². The van der Waals surface area contributed by atoms with E-state index in [4.69, 9.17) is 5.11 Å². The third kappa shape index (κ3) is 2.05. The molecule has 0 heterocycles. The summed E-state index contributed by atoms with van der Waals surface area (Å²) < 4.78 is 47.7. The van der Waals surface area contributed by atoms with Crippen molar-refractivity contribution in [2.45, 2.75) is 25.4 Å². The van der Waals surface area contributed by atoms with Crippen molar-refractivity contribution in [3.05, 3.63) is 0 Å². The number of hydrogen-bond donors (Lipinski definition) is 1. The molecule has 0 aliphatic heterocycles. The molecule has 1 N–H and O–H groups in total. The number of alkyl halides is 4. The molecule has 1 aliphatic rings. The maximum Gasteiger partial charge on any atom is 0.361 e. The molecule has 0 spiro atoms. The lowest BCUT2D eigenvalue weighted by molar-refractivity contribution is -0.265. The molecule has 0 radical (unpaired) electrons. The summed E-state index contributed by atoms with van der Waals surface area (Å²) in [6, 6.07) is 0. The van der Waals surface area contributed by atoms with Crippen LogP contribution in [0.15, 0.2) is 0 Å². The molecule has 1 fully saturated rings. The van der Waals surface area contributed by atoms with Crippen LogP contribution in [0.3, 0.4) is 0 Å². The van der Waals surface area contributed by atoms with Gasteiger partial charge in [0.25, 0.3) is 0 Å². The normalized spacial score (nSPS) is 22.4. The average molecular weight is 172 g/mol. The molecule has 5 heteroatoms. The van der Waals surface area contributed by atoms with Crippen LogP contribution in [0.1, 0.15) is 12.8 Å². The molecule has 11 heavy (non-hydrogen) atoms. The molecular weight excluding hydrogens is 164 g/mol. The van der Waals surface area contributed by atoms with Crippen molar-refractivity contribution in [3.8, 4) is 0 Å². The zero-order chi connectivity index (χ0) is 8.65. The Morgan fingerprint density at radius 2 is 1.73 bits per heavy atom. The van der Waals surface area contributed by atoms with Gasteiger partial charge in [0.1, 0.15) is 5.92 Å². The summed E-state index contributed by atoms with van der Waals surface area (Å²) in [7, 11) is 0. The Morgan fingerprint density at radius 1 is 1.27 bits per heavy atom. The van der Waals surface area contributed by atoms with Crippen molar-refractivity contribution >= 4 is 0 Å². The van der Waals surface area contributed by atoms with Crippen LogP contribution in [0.2, 0.25) is 0 Å². The molecule has 1 saturated carbocycles. The maximum atomic E-state index is 12.0. The summed E-state index contributed by atoms with van der Waals surface area (Å²) >= 11 is 0. The Hall–Kier alpha value is -0.320. The molecule has 1 nitrogen and oxygen atoms in total. The Kier molecular flexibility index (Phi) is 2.09. The van der Waals surface area contributed by atoms with Crippen LogP contribution in [-0.4, -0.2) is 17.6 Å². The first-order valence-corrected chi connectivity index (χ1v) is 3.31. The van der Waals surface area contributed by atoms with Crippen molar-refractivity contribution in [2.75, 3.05) is 0 Å². The second-order valence-corrected chi connectivity index (χ2v) is 2.79. The third-order valence-corrected chi connectivity index (χ3v) is 1.80. The minimum atomic E-state index is -4.23. The van der Waals surface area contributed by atoms with Gasteiger partial charge in [-0.2, -0.15) is 8.78 Å². The molecular formula is C6H8F4O. The first kappa shape index (κ1) is 8.77. The highest BCUT2D eigenvalue weighted by Gasteiger charge is 2.52. The molecule has 0 aromatic carbocycles. The first-order chi connectivity index (χ1) is 4.93. The predicted molar refractivity (Wildman–Crippen MR) is 29.4 cm³/mol. The van der Waals surface area contributed by atoms with Gasteiger partial charge in [-0.1, -0.05) is 0 Å². The first-order valence-electron chi connectivity index (χ1n) is 3.31. The molecule has 1 unspecified atom stereocenters. The zero-order valence-corrected chi connectivity index (χ0v) is 5.61. The second kappa shape index (κ2) is 2.62. The molecule has 0 aromatic heterocycles. The fourth-order valence-corrected chi connectivity index (χ4v) is 1.10. The number of rotatable bonds is 3. The fraction of sp³-hybridized carbons (Fsp3) is 1.00. The van der Waals surface area contributed by atoms with Gasteiger partial charge in [-0.25, -0.2) is 8.78 Å². The van der Waals surface area contributed by atoms with Crippen LogP contribution in [0.25, 0.3) is 0 Å². The largest absolute Gasteiger partial charge is 0.361 e. The summed E-state index contributed by atoms with van der Waals surface area (Å²) in [4.78, 5) is 0. The Bertz CT molecular complexity index is 136. The van der Waals surface area contributed by atoms with Gasteiger partial charge >= 0.3 is 6.11 Å². The van der Waals surface area contributed by atoms with Gasteiger partial charge in [0.05, 0.1) is 0 Å². The lowest BCUT2D eigenvalue weighted by atomic mass is 10.0. The third-order valence-electron chi connectivity index (χ3n) is 1.80. The monoisotopic (exact) mass is 172 g/mol. The summed E-state index contributed by atoms with van der Waals surface area (Å²) in [6.45, 7) is 0. The van der Waals surface area contributed by atoms with Gasteiger partial charge in [-0.3, -0.25) is 0 Å². The van der Waals surface area contributed by atoms with E-state index in [0.717, 1.165) is 0 Å². The van der Waals surface area contributed by atoms with Crippen LogP contribution in [0, 0.1) is 11.8 Å². The Labute approximate surface area is 61.0 Å². The zero-order valence-electron chi connectivity index (χ0n) is 5.61. The van der Waals surface area contributed by atoms with Crippen molar-refractivity contribution in [1.82, 2.24) is 0 Å². The van der Waals surface area contributed by atoms with E-state index in [1.807, 2.05) is 0 Å². The van der Waals surface area contributed by atoms with E-state index in [9.17, 15) is 17.6 Å². The Morgan fingerprint density at radius 3 is 1.82 bits per heavy atom. The van der Waals surface area contributed by atoms with Crippen LogP contribution >= 0.6 is 0 Å². The van der Waals surface area contributed by atoms with E-state index in [1.165, 1.54) is 0 Å². The van der Waals surface area contributed by atoms with E-state index in [2.05, 4.69) is 0 Å². The minimum absolute atomic E-state index is 0.366. The summed E-state index contributed by atoms with van der Waals surface area (Å²) in [5, 5.41) is 8.04. The van der Waals surface area contributed by atoms with Gasteiger partial charge in [0.15, 0.2) is 0 Å². The van der Waals surface area contributed by atoms with Crippen LogP contribution in [0.5, 0.6) is 0 Å². The van der Waals surface area contributed by atoms with Gasteiger partial charge in [-0.15, -0.1) is 0 Å². The number of halogens is 4. The van der Waals surface area contributed by atoms with E-state index in [-0.39, 0.29) is 0 Å². The summed E-state index contributed by atoms with van der Waals surface area (Å²) in [6.07, 6.45) is -6.63. The lowest BCUT2D eigenvalue weighted by Gasteiger charge is -2.20. The highest BCUT2D eigenvalue weighted by atomic mass is 19.3. The van der Waals surface area contributed by atoms with Crippen molar-refractivity contribution in [2.24, 2.45) is 11.8 Å².